The molecule has 2 N–H and O–H groups in total. The minimum absolute atomic E-state index is 0.225. The fraction of sp³-hybridized carbons (Fsp3) is 0.471. The Morgan fingerprint density at radius 1 is 1.25 bits per heavy atom. The lowest BCUT2D eigenvalue weighted by atomic mass is 9.99. The second-order valence-corrected chi connectivity index (χ2v) is 5.65. The van der Waals surface area contributed by atoms with E-state index in [0.717, 1.165) is 6.54 Å². The molecule has 0 bridgehead atoms. The molecule has 2 atom stereocenters. The van der Waals surface area contributed by atoms with Crippen molar-refractivity contribution in [1.82, 2.24) is 9.88 Å². The summed E-state index contributed by atoms with van der Waals surface area (Å²) in [6.45, 7) is 6.19. The molecule has 0 aliphatic rings. The Morgan fingerprint density at radius 2 is 2.00 bits per heavy atom. The van der Waals surface area contributed by atoms with Crippen molar-refractivity contribution in [2.75, 3.05) is 20.1 Å². The minimum Gasteiger partial charge on any atom is -0.329 e. The van der Waals surface area contributed by atoms with Crippen LogP contribution in [-0.4, -0.2) is 30.0 Å². The van der Waals surface area contributed by atoms with E-state index in [1.165, 1.54) is 22.8 Å². The van der Waals surface area contributed by atoms with E-state index in [2.05, 4.69) is 49.0 Å². The van der Waals surface area contributed by atoms with Gasteiger partial charge in [0.15, 0.2) is 0 Å². The summed E-state index contributed by atoms with van der Waals surface area (Å²) < 4.78 is 0. The standard InChI is InChI=1S/C17H25N3/c1-4-13(2)12-20(3)17(9-18)16-11-19-10-14-7-5-6-8-15(14)16/h5-8,10-11,13,17H,4,9,12,18H2,1-3H3. The molecule has 0 spiro atoms. The van der Waals surface area contributed by atoms with E-state index in [9.17, 15) is 0 Å². The molecular weight excluding hydrogens is 246 g/mol. The van der Waals surface area contributed by atoms with Gasteiger partial charge in [0.05, 0.1) is 0 Å². The molecule has 2 aromatic rings. The Morgan fingerprint density at radius 3 is 2.70 bits per heavy atom. The first kappa shape index (κ1) is 14.9. The third-order valence-corrected chi connectivity index (χ3v) is 4.11. The molecular formula is C17H25N3. The molecule has 2 unspecified atom stereocenters. The maximum atomic E-state index is 6.04. The first-order chi connectivity index (χ1) is 9.67. The van der Waals surface area contributed by atoms with Crippen LogP contribution >= 0.6 is 0 Å². The highest BCUT2D eigenvalue weighted by Crippen LogP contribution is 2.26. The molecule has 0 fully saturated rings. The topological polar surface area (TPSA) is 42.1 Å². The number of hydrogen-bond donors (Lipinski definition) is 1. The summed E-state index contributed by atoms with van der Waals surface area (Å²) in [6, 6.07) is 8.62. The average molecular weight is 271 g/mol. The van der Waals surface area contributed by atoms with Gasteiger partial charge in [0.1, 0.15) is 0 Å². The maximum absolute atomic E-state index is 6.04. The molecule has 0 aliphatic heterocycles. The predicted octanol–water partition coefficient (Wildman–Crippen LogP) is 3.21. The summed E-state index contributed by atoms with van der Waals surface area (Å²) in [5.41, 5.74) is 7.28. The van der Waals surface area contributed by atoms with Gasteiger partial charge in [0.25, 0.3) is 0 Å². The lowest BCUT2D eigenvalue weighted by molar-refractivity contribution is 0.216. The first-order valence-corrected chi connectivity index (χ1v) is 7.40. The molecule has 1 heterocycles. The highest BCUT2D eigenvalue weighted by Gasteiger charge is 2.19. The smallest absolute Gasteiger partial charge is 0.0488 e. The first-order valence-electron chi connectivity index (χ1n) is 7.40. The largest absolute Gasteiger partial charge is 0.329 e. The van der Waals surface area contributed by atoms with Gasteiger partial charge in [-0.15, -0.1) is 0 Å². The lowest BCUT2D eigenvalue weighted by Gasteiger charge is -2.30. The SMILES string of the molecule is CCC(C)CN(C)C(CN)c1cncc2ccccc12. The number of likely N-dealkylation sites (N-methyl/N-ethyl adjacent to an activating group) is 1. The van der Waals surface area contributed by atoms with E-state index in [4.69, 9.17) is 5.73 Å². The zero-order valence-electron chi connectivity index (χ0n) is 12.7. The van der Waals surface area contributed by atoms with Crippen molar-refractivity contribution in [2.45, 2.75) is 26.3 Å². The van der Waals surface area contributed by atoms with Crippen molar-refractivity contribution in [3.63, 3.8) is 0 Å². The molecule has 0 aliphatic carbocycles. The predicted molar refractivity (Wildman–Crippen MR) is 85.6 cm³/mol. The van der Waals surface area contributed by atoms with Crippen LogP contribution in [0.15, 0.2) is 36.7 Å². The molecule has 0 saturated carbocycles. The fourth-order valence-corrected chi connectivity index (χ4v) is 2.70. The summed E-state index contributed by atoms with van der Waals surface area (Å²) >= 11 is 0. The van der Waals surface area contributed by atoms with Crippen LogP contribution in [0.5, 0.6) is 0 Å². The van der Waals surface area contributed by atoms with Gasteiger partial charge >= 0.3 is 0 Å². The van der Waals surface area contributed by atoms with Crippen molar-refractivity contribution in [3.8, 4) is 0 Å². The van der Waals surface area contributed by atoms with Crippen molar-refractivity contribution in [3.05, 3.63) is 42.2 Å². The second kappa shape index (κ2) is 6.82. The van der Waals surface area contributed by atoms with Crippen molar-refractivity contribution in [2.24, 2.45) is 11.7 Å². The van der Waals surface area contributed by atoms with E-state index in [1.54, 1.807) is 0 Å². The minimum atomic E-state index is 0.225. The molecule has 3 nitrogen and oxygen atoms in total. The van der Waals surface area contributed by atoms with Crippen LogP contribution in [-0.2, 0) is 0 Å². The van der Waals surface area contributed by atoms with Gasteiger partial charge in [-0.3, -0.25) is 9.88 Å². The summed E-state index contributed by atoms with van der Waals surface area (Å²) in [7, 11) is 2.16. The van der Waals surface area contributed by atoms with Crippen molar-refractivity contribution in [1.29, 1.82) is 0 Å². The van der Waals surface area contributed by atoms with Crippen LogP contribution in [0.4, 0.5) is 0 Å². The molecule has 1 aromatic carbocycles. The van der Waals surface area contributed by atoms with Crippen LogP contribution in [0.25, 0.3) is 10.8 Å². The molecule has 0 saturated heterocycles. The third kappa shape index (κ3) is 3.17. The summed E-state index contributed by atoms with van der Waals surface area (Å²) in [5, 5.41) is 2.44. The summed E-state index contributed by atoms with van der Waals surface area (Å²) in [5.74, 6) is 0.678. The number of aromatic nitrogens is 1. The van der Waals surface area contributed by atoms with Gasteiger partial charge in [-0.25, -0.2) is 0 Å². The van der Waals surface area contributed by atoms with Crippen LogP contribution < -0.4 is 5.73 Å². The average Bonchev–Trinajstić information content (AvgIpc) is 2.48. The van der Waals surface area contributed by atoms with Crippen LogP contribution in [0.2, 0.25) is 0 Å². The molecule has 20 heavy (non-hydrogen) atoms. The van der Waals surface area contributed by atoms with E-state index >= 15 is 0 Å². The monoisotopic (exact) mass is 271 g/mol. The van der Waals surface area contributed by atoms with Crippen molar-refractivity contribution < 1.29 is 0 Å². The van der Waals surface area contributed by atoms with Gasteiger partial charge in [-0.1, -0.05) is 44.5 Å². The van der Waals surface area contributed by atoms with Crippen LogP contribution in [0, 0.1) is 5.92 Å². The van der Waals surface area contributed by atoms with E-state index in [0.29, 0.717) is 12.5 Å². The number of nitrogens with two attached hydrogens (primary N) is 1. The Hall–Kier alpha value is -1.45. The van der Waals surface area contributed by atoms with E-state index in [-0.39, 0.29) is 6.04 Å². The Kier molecular flexibility index (Phi) is 5.10. The summed E-state index contributed by atoms with van der Waals surface area (Å²) in [4.78, 5) is 6.74. The van der Waals surface area contributed by atoms with Gasteiger partial charge in [-0.2, -0.15) is 0 Å². The summed E-state index contributed by atoms with van der Waals surface area (Å²) in [6.07, 6.45) is 5.07. The normalized spacial score (nSPS) is 14.7. The molecule has 108 valence electrons. The number of pyridine rings is 1. The van der Waals surface area contributed by atoms with Crippen LogP contribution in [0.1, 0.15) is 31.9 Å². The zero-order valence-corrected chi connectivity index (χ0v) is 12.7. The highest BCUT2D eigenvalue weighted by atomic mass is 15.1. The Balaban J connectivity index is 2.34. The molecule has 1 aromatic heterocycles. The molecule has 0 amide bonds. The number of hydrogen-bond acceptors (Lipinski definition) is 3. The van der Waals surface area contributed by atoms with Gasteiger partial charge in [0, 0.05) is 36.9 Å². The number of fused-ring (bicyclic) bond motifs is 1. The molecule has 0 radical (unpaired) electrons. The highest BCUT2D eigenvalue weighted by molar-refractivity contribution is 5.85. The zero-order chi connectivity index (χ0) is 14.5. The van der Waals surface area contributed by atoms with Gasteiger partial charge in [0.2, 0.25) is 0 Å². The number of nitrogens with zero attached hydrogens (tertiary/aromatic N) is 2. The third-order valence-electron chi connectivity index (χ3n) is 4.11. The Labute approximate surface area is 121 Å². The number of benzene rings is 1. The fourth-order valence-electron chi connectivity index (χ4n) is 2.70. The van der Waals surface area contributed by atoms with Crippen LogP contribution in [0.3, 0.4) is 0 Å². The van der Waals surface area contributed by atoms with E-state index in [1.807, 2.05) is 18.5 Å². The lowest BCUT2D eigenvalue weighted by Crippen LogP contribution is -2.33. The van der Waals surface area contributed by atoms with E-state index < -0.39 is 0 Å². The van der Waals surface area contributed by atoms with Crippen molar-refractivity contribution >= 4 is 10.8 Å². The number of rotatable bonds is 6. The second-order valence-electron chi connectivity index (χ2n) is 5.65. The molecule has 3 heteroatoms. The Bertz CT molecular complexity index is 547. The van der Waals surface area contributed by atoms with Gasteiger partial charge < -0.3 is 5.73 Å². The maximum Gasteiger partial charge on any atom is 0.0488 e. The van der Waals surface area contributed by atoms with Gasteiger partial charge in [-0.05, 0) is 23.9 Å². The molecule has 2 rings (SSSR count). The quantitative estimate of drug-likeness (QED) is 0.877.